The summed E-state index contributed by atoms with van der Waals surface area (Å²) in [6.07, 6.45) is 1.50. The fourth-order valence-corrected chi connectivity index (χ4v) is 3.14. The van der Waals surface area contributed by atoms with E-state index in [-0.39, 0.29) is 18.1 Å². The van der Waals surface area contributed by atoms with E-state index in [1.807, 2.05) is 19.9 Å². The Bertz CT molecular complexity index is 531. The van der Waals surface area contributed by atoms with Gasteiger partial charge in [0.1, 0.15) is 17.7 Å². The number of aromatic nitrogens is 2. The molecule has 2 fully saturated rings. The van der Waals surface area contributed by atoms with E-state index in [0.717, 1.165) is 49.8 Å². The van der Waals surface area contributed by atoms with Crippen molar-refractivity contribution < 1.29 is 9.53 Å². The van der Waals surface area contributed by atoms with Gasteiger partial charge < -0.3 is 20.3 Å². The molecule has 0 spiro atoms. The number of ether oxygens (including phenoxy) is 1. The van der Waals surface area contributed by atoms with Gasteiger partial charge in [0.2, 0.25) is 0 Å². The Kier molecular flexibility index (Phi) is 5.07. The van der Waals surface area contributed by atoms with Gasteiger partial charge in [0.25, 0.3) is 5.91 Å². The number of piperidine rings is 1. The number of morpholine rings is 1. The summed E-state index contributed by atoms with van der Waals surface area (Å²) >= 11 is 0. The van der Waals surface area contributed by atoms with Crippen LogP contribution in [0.25, 0.3) is 0 Å². The van der Waals surface area contributed by atoms with E-state index in [4.69, 9.17) is 4.74 Å². The monoisotopic (exact) mass is 319 g/mol. The van der Waals surface area contributed by atoms with Crippen LogP contribution in [0.2, 0.25) is 0 Å². The van der Waals surface area contributed by atoms with Crippen LogP contribution in [0.3, 0.4) is 0 Å². The molecule has 1 amide bonds. The molecular formula is C16H25N5O2. The second kappa shape index (κ2) is 7.23. The van der Waals surface area contributed by atoms with Crippen LogP contribution < -0.4 is 15.5 Å². The molecule has 1 aromatic heterocycles. The lowest BCUT2D eigenvalue weighted by Gasteiger charge is -2.34. The minimum absolute atomic E-state index is 0.00405. The predicted molar refractivity (Wildman–Crippen MR) is 87.5 cm³/mol. The van der Waals surface area contributed by atoms with Gasteiger partial charge in [0, 0.05) is 44.0 Å². The molecule has 0 saturated carbocycles. The minimum Gasteiger partial charge on any atom is -0.366 e. The lowest BCUT2D eigenvalue weighted by molar-refractivity contribution is -0.135. The molecule has 0 aromatic carbocycles. The van der Waals surface area contributed by atoms with Crippen LogP contribution in [0.5, 0.6) is 0 Å². The Labute approximate surface area is 136 Å². The molecule has 126 valence electrons. The van der Waals surface area contributed by atoms with Crippen molar-refractivity contribution in [1.29, 1.82) is 0 Å². The molecular weight excluding hydrogens is 294 g/mol. The predicted octanol–water partition coefficient (Wildman–Crippen LogP) is 0.167. The quantitative estimate of drug-likeness (QED) is 0.827. The molecule has 2 aliphatic rings. The molecule has 2 saturated heterocycles. The Hall–Kier alpha value is -1.73. The van der Waals surface area contributed by atoms with Crippen molar-refractivity contribution in [2.45, 2.75) is 38.8 Å². The second-order valence-corrected chi connectivity index (χ2v) is 6.25. The normalized spacial score (nSPS) is 22.9. The van der Waals surface area contributed by atoms with Crippen molar-refractivity contribution in [3.8, 4) is 0 Å². The van der Waals surface area contributed by atoms with Crippen molar-refractivity contribution in [2.24, 2.45) is 0 Å². The summed E-state index contributed by atoms with van der Waals surface area (Å²) in [6.45, 7) is 7.72. The highest BCUT2D eigenvalue weighted by atomic mass is 16.5. The molecule has 7 nitrogen and oxygen atoms in total. The first-order valence-corrected chi connectivity index (χ1v) is 8.32. The molecule has 1 aromatic rings. The Balaban J connectivity index is 1.51. The Morgan fingerprint density at radius 3 is 2.78 bits per heavy atom. The van der Waals surface area contributed by atoms with Crippen LogP contribution in [0.15, 0.2) is 6.07 Å². The van der Waals surface area contributed by atoms with Crippen LogP contribution in [-0.2, 0) is 9.53 Å². The molecule has 7 heteroatoms. The average molecular weight is 319 g/mol. The van der Waals surface area contributed by atoms with Crippen LogP contribution in [-0.4, -0.2) is 60.8 Å². The number of anilines is 1. The third kappa shape index (κ3) is 4.17. The van der Waals surface area contributed by atoms with Gasteiger partial charge in [-0.2, -0.15) is 0 Å². The SMILES string of the molecule is Cc1cc(N2CCC(NC(=O)C3CNCCO3)CC2)nc(C)n1. The first kappa shape index (κ1) is 16.1. The van der Waals surface area contributed by atoms with Gasteiger partial charge >= 0.3 is 0 Å². The number of nitrogens with zero attached hydrogens (tertiary/aromatic N) is 3. The standard InChI is InChI=1S/C16H25N5O2/c1-11-9-15(19-12(2)18-11)21-6-3-13(4-7-21)20-16(22)14-10-17-5-8-23-14/h9,13-14,17H,3-8,10H2,1-2H3,(H,20,22). The molecule has 1 atom stereocenters. The number of nitrogens with one attached hydrogen (secondary N) is 2. The summed E-state index contributed by atoms with van der Waals surface area (Å²) in [6, 6.07) is 2.24. The number of hydrogen-bond acceptors (Lipinski definition) is 6. The molecule has 3 rings (SSSR count). The zero-order valence-corrected chi connectivity index (χ0v) is 13.8. The highest BCUT2D eigenvalue weighted by molar-refractivity contribution is 5.81. The van der Waals surface area contributed by atoms with E-state index < -0.39 is 0 Å². The molecule has 1 unspecified atom stereocenters. The van der Waals surface area contributed by atoms with E-state index in [0.29, 0.717) is 13.2 Å². The lowest BCUT2D eigenvalue weighted by atomic mass is 10.0. The summed E-state index contributed by atoms with van der Waals surface area (Å²) in [5.41, 5.74) is 0.991. The lowest BCUT2D eigenvalue weighted by Crippen LogP contribution is -2.52. The smallest absolute Gasteiger partial charge is 0.250 e. The van der Waals surface area contributed by atoms with Gasteiger partial charge in [-0.05, 0) is 26.7 Å². The van der Waals surface area contributed by atoms with E-state index in [2.05, 4.69) is 25.5 Å². The van der Waals surface area contributed by atoms with E-state index >= 15 is 0 Å². The van der Waals surface area contributed by atoms with Crippen LogP contribution in [0.1, 0.15) is 24.4 Å². The fourth-order valence-electron chi connectivity index (χ4n) is 3.14. The summed E-state index contributed by atoms with van der Waals surface area (Å²) in [5.74, 6) is 1.79. The average Bonchev–Trinajstić information content (AvgIpc) is 2.55. The van der Waals surface area contributed by atoms with Crippen LogP contribution in [0.4, 0.5) is 5.82 Å². The molecule has 0 aliphatic carbocycles. The number of aryl methyl sites for hydroxylation is 2. The fraction of sp³-hybridized carbons (Fsp3) is 0.688. The molecule has 2 N–H and O–H groups in total. The zero-order chi connectivity index (χ0) is 16.2. The summed E-state index contributed by atoms with van der Waals surface area (Å²) < 4.78 is 5.50. The number of hydrogen-bond donors (Lipinski definition) is 2. The summed E-state index contributed by atoms with van der Waals surface area (Å²) in [7, 11) is 0. The van der Waals surface area contributed by atoms with Crippen molar-refractivity contribution in [1.82, 2.24) is 20.6 Å². The van der Waals surface area contributed by atoms with Crippen molar-refractivity contribution in [2.75, 3.05) is 37.7 Å². The van der Waals surface area contributed by atoms with Gasteiger partial charge in [0.15, 0.2) is 0 Å². The molecule has 0 radical (unpaired) electrons. The summed E-state index contributed by atoms with van der Waals surface area (Å²) in [5, 5.41) is 6.30. The maximum absolute atomic E-state index is 12.2. The number of carbonyl (C=O) groups excluding carboxylic acids is 1. The highest BCUT2D eigenvalue weighted by Gasteiger charge is 2.26. The van der Waals surface area contributed by atoms with E-state index in [9.17, 15) is 4.79 Å². The maximum Gasteiger partial charge on any atom is 0.250 e. The Morgan fingerprint density at radius 2 is 2.13 bits per heavy atom. The van der Waals surface area contributed by atoms with Crippen molar-refractivity contribution in [3.63, 3.8) is 0 Å². The van der Waals surface area contributed by atoms with Crippen LogP contribution >= 0.6 is 0 Å². The number of carbonyl (C=O) groups is 1. The molecule has 3 heterocycles. The maximum atomic E-state index is 12.2. The van der Waals surface area contributed by atoms with Gasteiger partial charge in [-0.1, -0.05) is 0 Å². The van der Waals surface area contributed by atoms with Gasteiger partial charge in [-0.15, -0.1) is 0 Å². The Morgan fingerprint density at radius 1 is 1.35 bits per heavy atom. The number of rotatable bonds is 3. The van der Waals surface area contributed by atoms with E-state index in [1.165, 1.54) is 0 Å². The van der Waals surface area contributed by atoms with E-state index in [1.54, 1.807) is 0 Å². The highest BCUT2D eigenvalue weighted by Crippen LogP contribution is 2.19. The largest absolute Gasteiger partial charge is 0.366 e. The molecule has 2 aliphatic heterocycles. The molecule has 23 heavy (non-hydrogen) atoms. The molecule has 0 bridgehead atoms. The van der Waals surface area contributed by atoms with Crippen molar-refractivity contribution >= 4 is 11.7 Å². The topological polar surface area (TPSA) is 79.4 Å². The van der Waals surface area contributed by atoms with Gasteiger partial charge in [-0.25, -0.2) is 9.97 Å². The van der Waals surface area contributed by atoms with Crippen LogP contribution in [0, 0.1) is 13.8 Å². The van der Waals surface area contributed by atoms with Gasteiger partial charge in [-0.3, -0.25) is 4.79 Å². The first-order chi connectivity index (χ1) is 11.1. The second-order valence-electron chi connectivity index (χ2n) is 6.25. The zero-order valence-electron chi connectivity index (χ0n) is 13.8. The first-order valence-electron chi connectivity index (χ1n) is 8.32. The number of amides is 1. The minimum atomic E-state index is -0.353. The van der Waals surface area contributed by atoms with Crippen molar-refractivity contribution in [3.05, 3.63) is 17.6 Å². The summed E-state index contributed by atoms with van der Waals surface area (Å²) in [4.78, 5) is 23.3. The third-order valence-corrected chi connectivity index (χ3v) is 4.34. The third-order valence-electron chi connectivity index (χ3n) is 4.34. The van der Waals surface area contributed by atoms with Gasteiger partial charge in [0.05, 0.1) is 6.61 Å².